The molecule has 0 aliphatic carbocycles. The Hall–Kier alpha value is -0.160. The molecule has 1 aliphatic heterocycles. The van der Waals surface area contributed by atoms with Crippen molar-refractivity contribution in [3.05, 3.63) is 0 Å². The van der Waals surface area contributed by atoms with Gasteiger partial charge in [-0.25, -0.2) is 0 Å². The molecule has 0 saturated carbocycles. The lowest BCUT2D eigenvalue weighted by atomic mass is 10.3. The quantitative estimate of drug-likeness (QED) is 0.217. The summed E-state index contributed by atoms with van der Waals surface area (Å²) in [5.41, 5.74) is 5.84. The number of methoxy groups -OCH3 is 1. The molecule has 22 heavy (non-hydrogen) atoms. The van der Waals surface area contributed by atoms with Gasteiger partial charge in [-0.05, 0) is 13.5 Å². The normalized spacial score (nSPS) is 16.6. The molecule has 1 aliphatic rings. The number of nitrogens with one attached hydrogen (secondary N) is 1. The third-order valence-electron chi connectivity index (χ3n) is 3.50. The van der Waals surface area contributed by atoms with Gasteiger partial charge in [0, 0.05) is 52.9 Å². The molecule has 3 N–H and O–H groups in total. The van der Waals surface area contributed by atoms with Gasteiger partial charge in [-0.1, -0.05) is 0 Å². The van der Waals surface area contributed by atoms with Gasteiger partial charge in [0.2, 0.25) is 0 Å². The van der Waals surface area contributed by atoms with Crippen molar-refractivity contribution in [2.24, 2.45) is 10.7 Å². The smallest absolute Gasteiger partial charge is 0.188 e. The van der Waals surface area contributed by atoms with E-state index in [2.05, 4.69) is 27.2 Å². The van der Waals surface area contributed by atoms with E-state index in [1.807, 2.05) is 0 Å². The first-order chi connectivity index (χ1) is 10.2. The monoisotopic (exact) mass is 429 g/mol. The second-order valence-corrected chi connectivity index (χ2v) is 5.30. The zero-order chi connectivity index (χ0) is 15.3. The Kier molecular flexibility index (Phi) is 14.3. The van der Waals surface area contributed by atoms with Gasteiger partial charge in [0.1, 0.15) is 0 Å². The lowest BCUT2D eigenvalue weighted by molar-refractivity contribution is 0.0377. The largest absolute Gasteiger partial charge is 0.383 e. The average molecular weight is 429 g/mol. The van der Waals surface area contributed by atoms with Crippen LogP contribution in [0.2, 0.25) is 0 Å². The van der Waals surface area contributed by atoms with E-state index in [4.69, 9.17) is 15.2 Å². The first kappa shape index (κ1) is 21.8. The van der Waals surface area contributed by atoms with Crippen LogP contribution in [0.1, 0.15) is 6.42 Å². The Bertz CT molecular complexity index is 288. The lowest BCUT2D eigenvalue weighted by Crippen LogP contribution is -2.38. The van der Waals surface area contributed by atoms with Crippen molar-refractivity contribution in [2.45, 2.75) is 6.42 Å². The molecule has 1 fully saturated rings. The van der Waals surface area contributed by atoms with E-state index in [9.17, 15) is 0 Å². The number of hydrogen-bond donors (Lipinski definition) is 2. The molecule has 0 spiro atoms. The van der Waals surface area contributed by atoms with Gasteiger partial charge in [0.05, 0.1) is 19.8 Å². The van der Waals surface area contributed by atoms with E-state index in [0.717, 1.165) is 72.1 Å². The number of morpholine rings is 1. The molecule has 0 unspecified atom stereocenters. The maximum absolute atomic E-state index is 5.84. The van der Waals surface area contributed by atoms with Crippen molar-refractivity contribution < 1.29 is 9.47 Å². The van der Waals surface area contributed by atoms with E-state index in [0.29, 0.717) is 5.96 Å². The summed E-state index contributed by atoms with van der Waals surface area (Å²) >= 11 is 0. The molecule has 0 atom stereocenters. The number of guanidine groups is 1. The van der Waals surface area contributed by atoms with Gasteiger partial charge in [-0.2, -0.15) is 0 Å². The third-order valence-corrected chi connectivity index (χ3v) is 3.50. The molecule has 1 heterocycles. The van der Waals surface area contributed by atoms with E-state index in [-0.39, 0.29) is 24.0 Å². The van der Waals surface area contributed by atoms with Gasteiger partial charge < -0.3 is 25.4 Å². The Morgan fingerprint density at radius 1 is 1.36 bits per heavy atom. The number of hydrogen-bond acceptors (Lipinski definition) is 5. The predicted molar refractivity (Wildman–Crippen MR) is 101 cm³/mol. The molecule has 0 amide bonds. The van der Waals surface area contributed by atoms with E-state index < -0.39 is 0 Å². The van der Waals surface area contributed by atoms with Gasteiger partial charge in [-0.3, -0.25) is 9.89 Å². The Balaban J connectivity index is 0.00000441. The van der Waals surface area contributed by atoms with Crippen molar-refractivity contribution >= 4 is 29.9 Å². The fourth-order valence-electron chi connectivity index (χ4n) is 2.11. The molecule has 1 saturated heterocycles. The minimum Gasteiger partial charge on any atom is -0.383 e. The summed E-state index contributed by atoms with van der Waals surface area (Å²) in [5, 5.41) is 3.14. The summed E-state index contributed by atoms with van der Waals surface area (Å²) in [4.78, 5) is 8.96. The summed E-state index contributed by atoms with van der Waals surface area (Å²) in [6.45, 7) is 9.02. The summed E-state index contributed by atoms with van der Waals surface area (Å²) in [5.74, 6) is 0.539. The van der Waals surface area contributed by atoms with Gasteiger partial charge in [-0.15, -0.1) is 24.0 Å². The zero-order valence-corrected chi connectivity index (χ0v) is 16.3. The fraction of sp³-hybridized carbons (Fsp3) is 0.929. The van der Waals surface area contributed by atoms with Crippen molar-refractivity contribution in [2.75, 3.05) is 79.8 Å². The highest BCUT2D eigenvalue weighted by molar-refractivity contribution is 14.0. The van der Waals surface area contributed by atoms with E-state index in [1.54, 1.807) is 7.11 Å². The highest BCUT2D eigenvalue weighted by Gasteiger charge is 2.08. The minimum absolute atomic E-state index is 0. The van der Waals surface area contributed by atoms with Crippen LogP contribution in [0.25, 0.3) is 0 Å². The van der Waals surface area contributed by atoms with Crippen LogP contribution in [-0.2, 0) is 9.47 Å². The van der Waals surface area contributed by atoms with Crippen LogP contribution < -0.4 is 11.1 Å². The van der Waals surface area contributed by atoms with Crippen molar-refractivity contribution in [3.8, 4) is 0 Å². The standard InChI is InChI=1S/C14H31N5O2.HI/c1-18(8-11-20-2)7-5-17-14(15)16-4-3-6-19-9-12-21-13-10-19;/h3-13H2,1-2H3,(H3,15,16,17);1H. The zero-order valence-electron chi connectivity index (χ0n) is 13.9. The molecule has 0 aromatic carbocycles. The summed E-state index contributed by atoms with van der Waals surface area (Å²) in [6, 6.07) is 0. The topological polar surface area (TPSA) is 75.3 Å². The van der Waals surface area contributed by atoms with Gasteiger partial charge >= 0.3 is 0 Å². The highest BCUT2D eigenvalue weighted by atomic mass is 127. The fourth-order valence-corrected chi connectivity index (χ4v) is 2.11. The maximum atomic E-state index is 5.84. The highest BCUT2D eigenvalue weighted by Crippen LogP contribution is 1.97. The number of nitrogens with zero attached hydrogens (tertiary/aromatic N) is 3. The summed E-state index contributed by atoms with van der Waals surface area (Å²) < 4.78 is 10.4. The van der Waals surface area contributed by atoms with Crippen LogP contribution in [0.5, 0.6) is 0 Å². The van der Waals surface area contributed by atoms with Crippen molar-refractivity contribution in [1.29, 1.82) is 0 Å². The van der Waals surface area contributed by atoms with Crippen LogP contribution in [0, 0.1) is 0 Å². The molecule has 132 valence electrons. The minimum atomic E-state index is 0. The SMILES string of the molecule is COCCN(C)CCNC(N)=NCCCN1CCOCC1.I. The number of halogens is 1. The molecular weight excluding hydrogens is 397 g/mol. The molecular formula is C14H32IN5O2. The first-order valence-corrected chi connectivity index (χ1v) is 7.73. The predicted octanol–water partition coefficient (Wildman–Crippen LogP) is -0.191. The summed E-state index contributed by atoms with van der Waals surface area (Å²) in [7, 11) is 3.78. The van der Waals surface area contributed by atoms with Crippen LogP contribution in [-0.4, -0.2) is 95.6 Å². The second-order valence-electron chi connectivity index (χ2n) is 5.30. The first-order valence-electron chi connectivity index (χ1n) is 7.73. The molecule has 7 nitrogen and oxygen atoms in total. The van der Waals surface area contributed by atoms with Crippen molar-refractivity contribution in [1.82, 2.24) is 15.1 Å². The van der Waals surface area contributed by atoms with E-state index >= 15 is 0 Å². The molecule has 0 aromatic heterocycles. The Morgan fingerprint density at radius 2 is 2.09 bits per heavy atom. The second kappa shape index (κ2) is 14.4. The molecule has 1 rings (SSSR count). The van der Waals surface area contributed by atoms with Crippen LogP contribution >= 0.6 is 24.0 Å². The molecule has 0 bridgehead atoms. The van der Waals surface area contributed by atoms with Crippen LogP contribution in [0.4, 0.5) is 0 Å². The molecule has 0 radical (unpaired) electrons. The number of nitrogens with two attached hydrogens (primary N) is 1. The Labute approximate surface area is 151 Å². The molecule has 0 aromatic rings. The van der Waals surface area contributed by atoms with Crippen LogP contribution in [0.3, 0.4) is 0 Å². The molecule has 8 heteroatoms. The number of likely N-dealkylation sites (N-methyl/N-ethyl adjacent to an activating group) is 1. The average Bonchev–Trinajstić information content (AvgIpc) is 2.50. The Morgan fingerprint density at radius 3 is 2.77 bits per heavy atom. The van der Waals surface area contributed by atoms with Gasteiger partial charge in [0.25, 0.3) is 0 Å². The van der Waals surface area contributed by atoms with E-state index in [1.165, 1.54) is 0 Å². The summed E-state index contributed by atoms with van der Waals surface area (Å²) in [6.07, 6.45) is 1.04. The number of rotatable bonds is 10. The number of aliphatic imine (C=N–C) groups is 1. The van der Waals surface area contributed by atoms with Gasteiger partial charge in [0.15, 0.2) is 5.96 Å². The van der Waals surface area contributed by atoms with Crippen LogP contribution in [0.15, 0.2) is 4.99 Å². The third kappa shape index (κ3) is 11.4. The lowest BCUT2D eigenvalue weighted by Gasteiger charge is -2.26. The van der Waals surface area contributed by atoms with Crippen molar-refractivity contribution in [3.63, 3.8) is 0 Å². The maximum Gasteiger partial charge on any atom is 0.188 e. The number of ether oxygens (including phenoxy) is 2.